The maximum Gasteiger partial charge on any atom is 0.150 e. The van der Waals surface area contributed by atoms with Gasteiger partial charge in [0, 0.05) is 25.3 Å². The number of nitrogens with zero attached hydrogens (tertiary/aromatic N) is 3. The first kappa shape index (κ1) is 12.3. The number of nitrogens with two attached hydrogens (primary N) is 1. The van der Waals surface area contributed by atoms with Crippen molar-refractivity contribution >= 4 is 5.82 Å². The van der Waals surface area contributed by atoms with Gasteiger partial charge in [-0.15, -0.1) is 0 Å². The van der Waals surface area contributed by atoms with Crippen LogP contribution in [0.25, 0.3) is 0 Å². The van der Waals surface area contributed by atoms with Crippen molar-refractivity contribution in [3.05, 3.63) is 17.6 Å². The minimum absolute atomic E-state index is 0.260. The monoisotopic (exact) mass is 234 g/mol. The van der Waals surface area contributed by atoms with E-state index in [1.165, 1.54) is 12.8 Å². The Morgan fingerprint density at radius 2 is 2.24 bits per heavy atom. The van der Waals surface area contributed by atoms with Gasteiger partial charge in [0.25, 0.3) is 0 Å². The molecule has 94 valence electrons. The van der Waals surface area contributed by atoms with Crippen LogP contribution < -0.4 is 10.6 Å². The van der Waals surface area contributed by atoms with Crippen molar-refractivity contribution in [2.24, 2.45) is 11.7 Å². The first-order valence-electron chi connectivity index (χ1n) is 6.38. The molecule has 17 heavy (non-hydrogen) atoms. The molecule has 0 amide bonds. The Hall–Kier alpha value is -1.16. The zero-order valence-electron chi connectivity index (χ0n) is 11.0. The van der Waals surface area contributed by atoms with Crippen LogP contribution in [0.1, 0.15) is 31.2 Å². The number of aromatic nitrogens is 2. The fourth-order valence-electron chi connectivity index (χ4n) is 2.46. The molecule has 0 spiro atoms. The standard InChI is InChI=1S/C13H22N4/c1-9-7-15-11(3)13(16-9)17-6-4-5-12(8-17)10(2)14/h7,10,12H,4-6,8,14H2,1-3H3. The Bertz CT molecular complexity index is 389. The Kier molecular flexibility index (Phi) is 3.62. The molecule has 2 N–H and O–H groups in total. The molecule has 1 saturated heterocycles. The van der Waals surface area contributed by atoms with E-state index < -0.39 is 0 Å². The third kappa shape index (κ3) is 2.75. The molecule has 1 fully saturated rings. The van der Waals surface area contributed by atoms with E-state index in [1.807, 2.05) is 20.0 Å². The SMILES string of the molecule is Cc1cnc(C)c(N2CCCC(C(C)N)C2)n1. The van der Waals surface area contributed by atoms with Crippen LogP contribution in [0.4, 0.5) is 5.82 Å². The van der Waals surface area contributed by atoms with Gasteiger partial charge in [0.05, 0.1) is 11.4 Å². The average molecular weight is 234 g/mol. The molecule has 2 heterocycles. The zero-order valence-corrected chi connectivity index (χ0v) is 11.0. The smallest absolute Gasteiger partial charge is 0.150 e. The van der Waals surface area contributed by atoms with Crippen LogP contribution >= 0.6 is 0 Å². The lowest BCUT2D eigenvalue weighted by atomic mass is 9.92. The van der Waals surface area contributed by atoms with Crippen LogP contribution in [0.15, 0.2) is 6.20 Å². The first-order valence-corrected chi connectivity index (χ1v) is 6.38. The Labute approximate surface area is 103 Å². The fraction of sp³-hybridized carbons (Fsp3) is 0.692. The number of hydrogen-bond acceptors (Lipinski definition) is 4. The highest BCUT2D eigenvalue weighted by atomic mass is 15.2. The number of rotatable bonds is 2. The van der Waals surface area contributed by atoms with E-state index in [2.05, 4.69) is 21.8 Å². The van der Waals surface area contributed by atoms with Crippen molar-refractivity contribution in [1.29, 1.82) is 0 Å². The van der Waals surface area contributed by atoms with Crippen LogP contribution in [0.2, 0.25) is 0 Å². The predicted octanol–water partition coefficient (Wildman–Crippen LogP) is 1.66. The molecule has 2 unspecified atom stereocenters. The van der Waals surface area contributed by atoms with Gasteiger partial charge in [-0.25, -0.2) is 4.98 Å². The van der Waals surface area contributed by atoms with Crippen molar-refractivity contribution in [1.82, 2.24) is 9.97 Å². The van der Waals surface area contributed by atoms with Gasteiger partial charge >= 0.3 is 0 Å². The van der Waals surface area contributed by atoms with Crippen molar-refractivity contribution in [2.45, 2.75) is 39.7 Å². The minimum Gasteiger partial charge on any atom is -0.355 e. The third-order valence-electron chi connectivity index (χ3n) is 3.55. The van der Waals surface area contributed by atoms with E-state index in [0.717, 1.165) is 30.3 Å². The largest absolute Gasteiger partial charge is 0.355 e. The van der Waals surface area contributed by atoms with E-state index in [0.29, 0.717) is 5.92 Å². The highest BCUT2D eigenvalue weighted by Crippen LogP contribution is 2.24. The fourth-order valence-corrected chi connectivity index (χ4v) is 2.46. The molecular formula is C13H22N4. The molecule has 0 bridgehead atoms. The summed E-state index contributed by atoms with van der Waals surface area (Å²) >= 11 is 0. The molecule has 2 rings (SSSR count). The van der Waals surface area contributed by atoms with E-state index in [1.54, 1.807) is 0 Å². The van der Waals surface area contributed by atoms with Crippen LogP contribution in [-0.4, -0.2) is 29.1 Å². The Morgan fingerprint density at radius 1 is 1.47 bits per heavy atom. The van der Waals surface area contributed by atoms with Gasteiger partial charge in [-0.2, -0.15) is 0 Å². The summed E-state index contributed by atoms with van der Waals surface area (Å²) in [5, 5.41) is 0. The second-order valence-corrected chi connectivity index (χ2v) is 5.13. The van der Waals surface area contributed by atoms with Crippen molar-refractivity contribution < 1.29 is 0 Å². The van der Waals surface area contributed by atoms with Crippen LogP contribution in [0.3, 0.4) is 0 Å². The molecule has 1 aliphatic rings. The topological polar surface area (TPSA) is 55.0 Å². The van der Waals surface area contributed by atoms with Gasteiger partial charge in [0.15, 0.2) is 0 Å². The highest BCUT2D eigenvalue weighted by molar-refractivity contribution is 5.43. The van der Waals surface area contributed by atoms with Gasteiger partial charge in [-0.1, -0.05) is 0 Å². The summed E-state index contributed by atoms with van der Waals surface area (Å²) in [6.07, 6.45) is 4.25. The van der Waals surface area contributed by atoms with Crippen LogP contribution in [0.5, 0.6) is 0 Å². The predicted molar refractivity (Wildman–Crippen MR) is 70.1 cm³/mol. The van der Waals surface area contributed by atoms with E-state index in [9.17, 15) is 0 Å². The summed E-state index contributed by atoms with van der Waals surface area (Å²) in [7, 11) is 0. The third-order valence-corrected chi connectivity index (χ3v) is 3.55. The second kappa shape index (κ2) is 5.00. The second-order valence-electron chi connectivity index (χ2n) is 5.13. The molecule has 4 heteroatoms. The average Bonchev–Trinajstić information content (AvgIpc) is 2.32. The number of anilines is 1. The lowest BCUT2D eigenvalue weighted by molar-refractivity contribution is 0.362. The lowest BCUT2D eigenvalue weighted by Gasteiger charge is -2.35. The van der Waals surface area contributed by atoms with Crippen LogP contribution in [-0.2, 0) is 0 Å². The van der Waals surface area contributed by atoms with Gasteiger partial charge in [0.2, 0.25) is 0 Å². The summed E-state index contributed by atoms with van der Waals surface area (Å²) in [5.41, 5.74) is 8.01. The molecule has 1 aromatic rings. The maximum absolute atomic E-state index is 6.01. The number of hydrogen-bond donors (Lipinski definition) is 1. The Balaban J connectivity index is 2.18. The number of aryl methyl sites for hydroxylation is 2. The van der Waals surface area contributed by atoms with Crippen molar-refractivity contribution in [2.75, 3.05) is 18.0 Å². The lowest BCUT2D eigenvalue weighted by Crippen LogP contribution is -2.43. The molecule has 0 aliphatic carbocycles. The van der Waals surface area contributed by atoms with Crippen molar-refractivity contribution in [3.8, 4) is 0 Å². The number of piperidine rings is 1. The highest BCUT2D eigenvalue weighted by Gasteiger charge is 2.24. The molecule has 1 aromatic heterocycles. The van der Waals surface area contributed by atoms with E-state index in [4.69, 9.17) is 5.73 Å². The molecule has 1 aliphatic heterocycles. The van der Waals surface area contributed by atoms with Gasteiger partial charge in [0.1, 0.15) is 5.82 Å². The molecule has 0 radical (unpaired) electrons. The quantitative estimate of drug-likeness (QED) is 0.845. The van der Waals surface area contributed by atoms with Crippen molar-refractivity contribution in [3.63, 3.8) is 0 Å². The van der Waals surface area contributed by atoms with E-state index >= 15 is 0 Å². The minimum atomic E-state index is 0.260. The van der Waals surface area contributed by atoms with Gasteiger partial charge < -0.3 is 10.6 Å². The molecule has 4 nitrogen and oxygen atoms in total. The van der Waals surface area contributed by atoms with Gasteiger partial charge in [-0.3, -0.25) is 4.98 Å². The maximum atomic E-state index is 6.01. The molecule has 0 saturated carbocycles. The first-order chi connectivity index (χ1) is 8.08. The van der Waals surface area contributed by atoms with E-state index in [-0.39, 0.29) is 6.04 Å². The summed E-state index contributed by atoms with van der Waals surface area (Å²) < 4.78 is 0. The normalized spacial score (nSPS) is 22.6. The summed E-state index contributed by atoms with van der Waals surface area (Å²) in [6, 6.07) is 0.260. The zero-order chi connectivity index (χ0) is 12.4. The Morgan fingerprint density at radius 3 is 2.94 bits per heavy atom. The summed E-state index contributed by atoms with van der Waals surface area (Å²) in [5.74, 6) is 1.61. The van der Waals surface area contributed by atoms with Gasteiger partial charge in [-0.05, 0) is 39.5 Å². The summed E-state index contributed by atoms with van der Waals surface area (Å²) in [4.78, 5) is 11.3. The summed E-state index contributed by atoms with van der Waals surface area (Å²) in [6.45, 7) is 8.20. The molecule has 0 aromatic carbocycles. The van der Waals surface area contributed by atoms with Crippen LogP contribution in [0, 0.1) is 19.8 Å². The molecule has 2 atom stereocenters. The molecular weight excluding hydrogens is 212 g/mol.